The average molecular weight is 467 g/mol. The van der Waals surface area contributed by atoms with Crippen LogP contribution in [0.5, 0.6) is 11.5 Å². The second-order valence-corrected chi connectivity index (χ2v) is 8.83. The molecule has 1 atom stereocenters. The molecule has 0 bridgehead atoms. The Labute approximate surface area is 193 Å². The molecule has 3 aromatic heterocycles. The van der Waals surface area contributed by atoms with Gasteiger partial charge in [-0.2, -0.15) is 0 Å². The van der Waals surface area contributed by atoms with E-state index in [1.807, 2.05) is 17.0 Å². The smallest absolute Gasteiger partial charge is 0.251 e. The molecule has 6 heterocycles. The molecular weight excluding hydrogens is 444 g/mol. The highest BCUT2D eigenvalue weighted by atomic mass is 19.1. The molecule has 3 aromatic rings. The highest BCUT2D eigenvalue weighted by molar-refractivity contribution is 5.81. The lowest BCUT2D eigenvalue weighted by atomic mass is 9.96. The van der Waals surface area contributed by atoms with Gasteiger partial charge in [-0.3, -0.25) is 19.7 Å². The molecule has 0 saturated carbocycles. The largest absolute Gasteiger partial charge is 0.486 e. The Morgan fingerprint density at radius 2 is 2.00 bits per heavy atom. The van der Waals surface area contributed by atoms with Crippen LogP contribution in [0, 0.1) is 5.82 Å². The summed E-state index contributed by atoms with van der Waals surface area (Å²) in [6.45, 7) is 2.50. The molecule has 10 heteroatoms. The number of hydrogen-bond donors (Lipinski definition) is 1. The highest BCUT2D eigenvalue weighted by Crippen LogP contribution is 2.40. The third-order valence-corrected chi connectivity index (χ3v) is 6.56. The quantitative estimate of drug-likeness (QED) is 0.617. The van der Waals surface area contributed by atoms with Crippen LogP contribution in [0.2, 0.25) is 0 Å². The molecule has 0 aromatic carbocycles. The molecule has 3 aliphatic rings. The van der Waals surface area contributed by atoms with Crippen LogP contribution in [0.4, 0.5) is 8.78 Å². The number of nitrogens with one attached hydrogen (secondary N) is 1. The van der Waals surface area contributed by atoms with E-state index in [4.69, 9.17) is 9.47 Å². The highest BCUT2D eigenvalue weighted by Gasteiger charge is 2.45. The molecule has 0 aliphatic carbocycles. The lowest BCUT2D eigenvalue weighted by Crippen LogP contribution is -2.42. The Balaban J connectivity index is 1.13. The van der Waals surface area contributed by atoms with Crippen LogP contribution in [0.15, 0.2) is 47.2 Å². The van der Waals surface area contributed by atoms with Gasteiger partial charge in [0.25, 0.3) is 5.56 Å². The number of ether oxygens (including phenoxy) is 2. The second kappa shape index (κ2) is 8.05. The molecule has 3 aliphatic heterocycles. The van der Waals surface area contributed by atoms with Gasteiger partial charge < -0.3 is 19.4 Å². The number of aromatic nitrogens is 3. The van der Waals surface area contributed by atoms with Crippen LogP contribution in [0.3, 0.4) is 0 Å². The summed E-state index contributed by atoms with van der Waals surface area (Å²) in [4.78, 5) is 22.7. The van der Waals surface area contributed by atoms with Crippen molar-refractivity contribution in [3.63, 3.8) is 0 Å². The SMILES string of the molecule is O=c1ccc2ncc(F)c3c2n1CC3(F)CN1CC=C(NCc2cc3c(cn2)OCCO3)CC1. The standard InChI is InChI=1S/C24H23F2N5O3/c25-17-11-29-18-1-2-21(32)31-14-24(26,22(17)23(18)31)13-30-5-3-15(4-6-30)27-10-16-9-19-20(12-28-16)34-8-7-33-19/h1-3,9,11-12,27H,4-8,10,13-14H2. The van der Waals surface area contributed by atoms with Gasteiger partial charge in [0.2, 0.25) is 0 Å². The van der Waals surface area contributed by atoms with Crippen molar-refractivity contribution in [3.05, 3.63) is 69.8 Å². The zero-order valence-electron chi connectivity index (χ0n) is 18.4. The van der Waals surface area contributed by atoms with Crippen molar-refractivity contribution in [1.29, 1.82) is 0 Å². The van der Waals surface area contributed by atoms with E-state index in [0.717, 1.165) is 17.6 Å². The molecule has 0 amide bonds. The van der Waals surface area contributed by atoms with Crippen molar-refractivity contribution in [3.8, 4) is 11.5 Å². The molecule has 0 radical (unpaired) electrons. The number of rotatable bonds is 5. The van der Waals surface area contributed by atoms with Crippen molar-refractivity contribution in [2.45, 2.75) is 25.2 Å². The van der Waals surface area contributed by atoms with Crippen molar-refractivity contribution in [2.75, 3.05) is 32.8 Å². The number of halogens is 2. The maximum Gasteiger partial charge on any atom is 0.251 e. The molecule has 34 heavy (non-hydrogen) atoms. The molecule has 6 rings (SSSR count). The van der Waals surface area contributed by atoms with E-state index in [9.17, 15) is 9.18 Å². The fraction of sp³-hybridized carbons (Fsp3) is 0.375. The number of nitrogens with zero attached hydrogens (tertiary/aromatic N) is 4. The van der Waals surface area contributed by atoms with Crippen molar-refractivity contribution >= 4 is 11.0 Å². The van der Waals surface area contributed by atoms with E-state index < -0.39 is 11.5 Å². The lowest BCUT2D eigenvalue weighted by Gasteiger charge is -2.32. The first-order chi connectivity index (χ1) is 16.5. The van der Waals surface area contributed by atoms with Gasteiger partial charge in [0.1, 0.15) is 19.0 Å². The molecular formula is C24H23F2N5O3. The number of fused-ring (bicyclic) bond motifs is 1. The molecule has 0 fully saturated rings. The average Bonchev–Trinajstić information content (AvgIpc) is 3.17. The Morgan fingerprint density at radius 1 is 1.15 bits per heavy atom. The van der Waals surface area contributed by atoms with E-state index in [1.165, 1.54) is 16.7 Å². The Morgan fingerprint density at radius 3 is 2.82 bits per heavy atom. The van der Waals surface area contributed by atoms with E-state index in [-0.39, 0.29) is 29.7 Å². The van der Waals surface area contributed by atoms with E-state index in [1.54, 1.807) is 6.20 Å². The normalized spacial score (nSPS) is 21.5. The van der Waals surface area contributed by atoms with Crippen LogP contribution in [-0.2, 0) is 18.8 Å². The predicted octanol–water partition coefficient (Wildman–Crippen LogP) is 2.26. The first-order valence-electron chi connectivity index (χ1n) is 11.3. The minimum absolute atomic E-state index is 0.00233. The first-order valence-corrected chi connectivity index (χ1v) is 11.3. The molecule has 0 spiro atoms. The minimum atomic E-state index is -1.99. The van der Waals surface area contributed by atoms with Gasteiger partial charge >= 0.3 is 0 Å². The summed E-state index contributed by atoms with van der Waals surface area (Å²) >= 11 is 0. The zero-order chi connectivity index (χ0) is 23.3. The second-order valence-electron chi connectivity index (χ2n) is 8.83. The maximum absolute atomic E-state index is 16.2. The van der Waals surface area contributed by atoms with Crippen LogP contribution in [0.25, 0.3) is 11.0 Å². The summed E-state index contributed by atoms with van der Waals surface area (Å²) in [7, 11) is 0. The zero-order valence-corrected chi connectivity index (χ0v) is 18.4. The lowest BCUT2D eigenvalue weighted by molar-refractivity contribution is 0.0828. The summed E-state index contributed by atoms with van der Waals surface area (Å²) < 4.78 is 43.3. The summed E-state index contributed by atoms with van der Waals surface area (Å²) in [6, 6.07) is 4.73. The van der Waals surface area contributed by atoms with Crippen LogP contribution >= 0.6 is 0 Å². The van der Waals surface area contributed by atoms with Gasteiger partial charge in [0.05, 0.1) is 47.8 Å². The minimum Gasteiger partial charge on any atom is -0.486 e. The van der Waals surface area contributed by atoms with Gasteiger partial charge in [-0.15, -0.1) is 0 Å². The van der Waals surface area contributed by atoms with Crippen LogP contribution in [0.1, 0.15) is 17.7 Å². The Bertz CT molecular complexity index is 1370. The number of alkyl halides is 1. The monoisotopic (exact) mass is 467 g/mol. The third kappa shape index (κ3) is 3.58. The number of pyridine rings is 3. The van der Waals surface area contributed by atoms with Crippen molar-refractivity contribution < 1.29 is 18.3 Å². The van der Waals surface area contributed by atoms with Gasteiger partial charge in [-0.05, 0) is 12.5 Å². The van der Waals surface area contributed by atoms with E-state index in [2.05, 4.69) is 15.3 Å². The molecule has 8 nitrogen and oxygen atoms in total. The van der Waals surface area contributed by atoms with Crippen LogP contribution < -0.4 is 20.3 Å². The van der Waals surface area contributed by atoms with E-state index >= 15 is 4.39 Å². The fourth-order valence-corrected chi connectivity index (χ4v) is 4.94. The maximum atomic E-state index is 16.2. The molecule has 1 unspecified atom stereocenters. The van der Waals surface area contributed by atoms with Gasteiger partial charge in [-0.1, -0.05) is 6.08 Å². The molecule has 176 valence electrons. The summed E-state index contributed by atoms with van der Waals surface area (Å²) in [5, 5.41) is 3.38. The van der Waals surface area contributed by atoms with Crippen molar-refractivity contribution in [2.24, 2.45) is 0 Å². The molecule has 1 N–H and O–H groups in total. The summed E-state index contributed by atoms with van der Waals surface area (Å²) in [6.07, 6.45) is 5.42. The Hall–Kier alpha value is -3.53. The van der Waals surface area contributed by atoms with Crippen molar-refractivity contribution in [1.82, 2.24) is 24.8 Å². The molecule has 0 saturated heterocycles. The summed E-state index contributed by atoms with van der Waals surface area (Å²) in [5.41, 5.74) is 0.161. The predicted molar refractivity (Wildman–Crippen MR) is 120 cm³/mol. The third-order valence-electron chi connectivity index (χ3n) is 6.56. The van der Waals surface area contributed by atoms with Crippen LogP contribution in [-0.4, -0.2) is 52.3 Å². The van der Waals surface area contributed by atoms with Gasteiger partial charge in [0.15, 0.2) is 17.2 Å². The van der Waals surface area contributed by atoms with Gasteiger partial charge in [-0.25, -0.2) is 8.78 Å². The Kier molecular flexibility index (Phi) is 4.98. The first kappa shape index (κ1) is 21.0. The summed E-state index contributed by atoms with van der Waals surface area (Å²) in [5.74, 6) is 0.639. The fourth-order valence-electron chi connectivity index (χ4n) is 4.94. The van der Waals surface area contributed by atoms with E-state index in [0.29, 0.717) is 56.3 Å². The number of hydrogen-bond acceptors (Lipinski definition) is 7. The van der Waals surface area contributed by atoms with Gasteiger partial charge in [0, 0.05) is 37.5 Å². The topological polar surface area (TPSA) is 81.5 Å².